The van der Waals surface area contributed by atoms with Crippen LogP contribution in [-0.2, 0) is 14.1 Å². The zero-order chi connectivity index (χ0) is 10.1. The summed E-state index contributed by atoms with van der Waals surface area (Å²) in [4.78, 5) is 15.2. The van der Waals surface area contributed by atoms with E-state index in [2.05, 4.69) is 4.98 Å². The summed E-state index contributed by atoms with van der Waals surface area (Å²) >= 11 is 0. The van der Waals surface area contributed by atoms with E-state index in [4.69, 9.17) is 0 Å². The van der Waals surface area contributed by atoms with Gasteiger partial charge in [0.1, 0.15) is 12.4 Å². The predicted molar refractivity (Wildman–Crippen MR) is 50.0 cm³/mol. The number of imidazole rings is 1. The first kappa shape index (κ1) is 8.68. The van der Waals surface area contributed by atoms with Gasteiger partial charge in [0, 0.05) is 19.3 Å². The van der Waals surface area contributed by atoms with Gasteiger partial charge in [0.25, 0.3) is 0 Å². The first-order valence-electron chi connectivity index (χ1n) is 4.24. The molecular formula is C9H11N4O+. The van der Waals surface area contributed by atoms with Crippen LogP contribution in [0.25, 0.3) is 5.82 Å². The zero-order valence-corrected chi connectivity index (χ0v) is 8.08. The van der Waals surface area contributed by atoms with E-state index in [1.165, 1.54) is 4.57 Å². The van der Waals surface area contributed by atoms with Crippen molar-refractivity contribution < 1.29 is 4.57 Å². The van der Waals surface area contributed by atoms with Crippen LogP contribution in [0.15, 0.2) is 35.8 Å². The van der Waals surface area contributed by atoms with Crippen molar-refractivity contribution in [3.05, 3.63) is 41.5 Å². The lowest BCUT2D eigenvalue weighted by Gasteiger charge is -1.95. The molecule has 0 bridgehead atoms. The van der Waals surface area contributed by atoms with E-state index in [1.54, 1.807) is 23.9 Å². The van der Waals surface area contributed by atoms with Crippen LogP contribution in [0.1, 0.15) is 0 Å². The molecule has 0 radical (unpaired) electrons. The van der Waals surface area contributed by atoms with Crippen molar-refractivity contribution >= 4 is 0 Å². The normalized spacial score (nSPS) is 10.4. The summed E-state index contributed by atoms with van der Waals surface area (Å²) < 4.78 is 5.12. The van der Waals surface area contributed by atoms with Gasteiger partial charge in [-0.1, -0.05) is 0 Å². The Hall–Kier alpha value is -1.91. The van der Waals surface area contributed by atoms with Crippen LogP contribution in [-0.4, -0.2) is 14.1 Å². The number of rotatable bonds is 1. The van der Waals surface area contributed by atoms with Crippen LogP contribution < -0.4 is 10.3 Å². The van der Waals surface area contributed by atoms with Crippen molar-refractivity contribution in [1.82, 2.24) is 14.1 Å². The van der Waals surface area contributed by atoms with E-state index in [0.29, 0.717) is 5.82 Å². The molecular weight excluding hydrogens is 180 g/mol. The van der Waals surface area contributed by atoms with E-state index in [9.17, 15) is 4.79 Å². The molecule has 2 rings (SSSR count). The molecule has 0 aromatic carbocycles. The first-order chi connectivity index (χ1) is 6.66. The van der Waals surface area contributed by atoms with Crippen LogP contribution >= 0.6 is 0 Å². The molecule has 72 valence electrons. The molecule has 0 N–H and O–H groups in total. The Bertz CT molecular complexity index is 512. The van der Waals surface area contributed by atoms with Gasteiger partial charge in [-0.25, -0.2) is 9.36 Å². The van der Waals surface area contributed by atoms with Crippen molar-refractivity contribution in [3.8, 4) is 5.82 Å². The molecule has 0 atom stereocenters. The lowest BCUT2D eigenvalue weighted by atomic mass is 10.5. The Kier molecular flexibility index (Phi) is 1.92. The topological polar surface area (TPSA) is 43.7 Å². The Morgan fingerprint density at radius 2 is 2.21 bits per heavy atom. The van der Waals surface area contributed by atoms with Crippen molar-refractivity contribution in [2.24, 2.45) is 14.1 Å². The number of hydrogen-bond donors (Lipinski definition) is 0. The van der Waals surface area contributed by atoms with Gasteiger partial charge in [0.05, 0.1) is 7.05 Å². The standard InChI is InChI=1S/C9H11N4O/c1-11-5-6-13(7-11)8-3-4-12(2)9(14)10-8/h3-7H,1-2H3/q+1. The smallest absolute Gasteiger partial charge is 0.302 e. The van der Waals surface area contributed by atoms with Crippen LogP contribution in [0.3, 0.4) is 0 Å². The van der Waals surface area contributed by atoms with Gasteiger partial charge in [-0.15, -0.1) is 0 Å². The lowest BCUT2D eigenvalue weighted by molar-refractivity contribution is -0.670. The summed E-state index contributed by atoms with van der Waals surface area (Å²) in [7, 11) is 3.59. The second kappa shape index (κ2) is 3.10. The largest absolute Gasteiger partial charge is 0.351 e. The van der Waals surface area contributed by atoms with Crippen molar-refractivity contribution in [2.45, 2.75) is 0 Å². The fourth-order valence-corrected chi connectivity index (χ4v) is 1.19. The highest BCUT2D eigenvalue weighted by Gasteiger charge is 2.06. The molecule has 2 heterocycles. The molecule has 5 nitrogen and oxygen atoms in total. The zero-order valence-electron chi connectivity index (χ0n) is 8.08. The summed E-state index contributed by atoms with van der Waals surface area (Å²) in [5.41, 5.74) is -0.251. The highest BCUT2D eigenvalue weighted by Crippen LogP contribution is 1.97. The van der Waals surface area contributed by atoms with Gasteiger partial charge in [0.2, 0.25) is 12.1 Å². The molecule has 5 heteroatoms. The van der Waals surface area contributed by atoms with E-state index in [0.717, 1.165) is 0 Å². The fraction of sp³-hybridized carbons (Fsp3) is 0.222. The highest BCUT2D eigenvalue weighted by molar-refractivity contribution is 5.17. The molecule has 0 saturated carbocycles. The van der Waals surface area contributed by atoms with Crippen LogP contribution in [0.2, 0.25) is 0 Å². The molecule has 0 fully saturated rings. The number of hydrogen-bond acceptors (Lipinski definition) is 2. The third-order valence-corrected chi connectivity index (χ3v) is 1.99. The highest BCUT2D eigenvalue weighted by atomic mass is 16.1. The van der Waals surface area contributed by atoms with Crippen LogP contribution in [0.5, 0.6) is 0 Å². The van der Waals surface area contributed by atoms with Crippen LogP contribution in [0, 0.1) is 0 Å². The number of nitrogens with zero attached hydrogens (tertiary/aromatic N) is 4. The van der Waals surface area contributed by atoms with E-state index in [-0.39, 0.29) is 5.69 Å². The average molecular weight is 191 g/mol. The molecule has 0 aliphatic rings. The predicted octanol–water partition coefficient (Wildman–Crippen LogP) is -0.605. The summed E-state index contributed by atoms with van der Waals surface area (Å²) in [6.45, 7) is 0. The quantitative estimate of drug-likeness (QED) is 0.565. The lowest BCUT2D eigenvalue weighted by Crippen LogP contribution is -2.24. The second-order valence-corrected chi connectivity index (χ2v) is 3.17. The minimum atomic E-state index is -0.251. The Labute approximate surface area is 80.9 Å². The van der Waals surface area contributed by atoms with Crippen LogP contribution in [0.4, 0.5) is 0 Å². The third kappa shape index (κ3) is 1.44. The second-order valence-electron chi connectivity index (χ2n) is 3.17. The summed E-state index contributed by atoms with van der Waals surface area (Å²) in [6, 6.07) is 1.79. The molecule has 14 heavy (non-hydrogen) atoms. The monoisotopic (exact) mass is 191 g/mol. The van der Waals surface area contributed by atoms with E-state index < -0.39 is 0 Å². The molecule has 0 amide bonds. The van der Waals surface area contributed by atoms with Gasteiger partial charge < -0.3 is 4.57 Å². The molecule has 0 saturated heterocycles. The van der Waals surface area contributed by atoms with Gasteiger partial charge in [-0.05, 0) is 0 Å². The SMILES string of the molecule is Cn1ccc(-n2cc[n+](C)c2)nc1=O. The molecule has 0 unspecified atom stereocenters. The Morgan fingerprint density at radius 3 is 2.79 bits per heavy atom. The molecule has 0 aliphatic heterocycles. The van der Waals surface area contributed by atoms with E-state index >= 15 is 0 Å². The van der Waals surface area contributed by atoms with Gasteiger partial charge in [-0.3, -0.25) is 0 Å². The minimum Gasteiger partial charge on any atom is -0.302 e. The summed E-state index contributed by atoms with van der Waals surface area (Å²) in [6.07, 6.45) is 7.29. The first-order valence-corrected chi connectivity index (χ1v) is 4.24. The molecule has 2 aromatic heterocycles. The van der Waals surface area contributed by atoms with Crippen molar-refractivity contribution in [3.63, 3.8) is 0 Å². The number of aromatic nitrogens is 4. The fourth-order valence-electron chi connectivity index (χ4n) is 1.19. The Balaban J connectivity index is 2.53. The molecule has 0 aliphatic carbocycles. The molecule has 0 spiro atoms. The minimum absolute atomic E-state index is 0.251. The maximum Gasteiger partial charge on any atom is 0.351 e. The molecule has 2 aromatic rings. The average Bonchev–Trinajstić information content (AvgIpc) is 2.57. The van der Waals surface area contributed by atoms with Crippen molar-refractivity contribution in [2.75, 3.05) is 0 Å². The van der Waals surface area contributed by atoms with Gasteiger partial charge in [-0.2, -0.15) is 9.55 Å². The van der Waals surface area contributed by atoms with E-state index in [1.807, 2.05) is 30.3 Å². The van der Waals surface area contributed by atoms with Crippen molar-refractivity contribution in [1.29, 1.82) is 0 Å². The maximum absolute atomic E-state index is 11.3. The third-order valence-electron chi connectivity index (χ3n) is 1.99. The van der Waals surface area contributed by atoms with Gasteiger partial charge >= 0.3 is 5.69 Å². The maximum atomic E-state index is 11.3. The number of aryl methyl sites for hydroxylation is 2. The summed E-state index contributed by atoms with van der Waals surface area (Å²) in [5.74, 6) is 0.633. The van der Waals surface area contributed by atoms with Gasteiger partial charge in [0.15, 0.2) is 0 Å². The summed E-state index contributed by atoms with van der Waals surface area (Å²) in [5, 5.41) is 0. The Morgan fingerprint density at radius 1 is 1.43 bits per heavy atom.